The van der Waals surface area contributed by atoms with Crippen LogP contribution in [0.2, 0.25) is 0 Å². The highest BCUT2D eigenvalue weighted by Gasteiger charge is 2.16. The van der Waals surface area contributed by atoms with E-state index in [2.05, 4.69) is 17.2 Å². The van der Waals surface area contributed by atoms with Crippen LogP contribution in [0.25, 0.3) is 0 Å². The predicted molar refractivity (Wildman–Crippen MR) is 71.8 cm³/mol. The van der Waals surface area contributed by atoms with Crippen LogP contribution < -0.4 is 5.32 Å². The quantitative estimate of drug-likeness (QED) is 0.829. The number of nitrogens with zero attached hydrogens (tertiary/aromatic N) is 1. The zero-order valence-electron chi connectivity index (χ0n) is 11.2. The lowest BCUT2D eigenvalue weighted by Crippen LogP contribution is -2.24. The first-order chi connectivity index (χ1) is 8.79. The molecule has 0 bridgehead atoms. The minimum Gasteiger partial charge on any atom is -0.309 e. The van der Waals surface area contributed by atoms with Crippen LogP contribution in [0.15, 0.2) is 18.3 Å². The van der Waals surface area contributed by atoms with Crippen LogP contribution >= 0.6 is 0 Å². The minimum absolute atomic E-state index is 0.256. The summed E-state index contributed by atoms with van der Waals surface area (Å²) in [6.07, 6.45) is 9.15. The lowest BCUT2D eigenvalue weighted by molar-refractivity contribution is 0.434. The molecule has 1 heterocycles. The summed E-state index contributed by atoms with van der Waals surface area (Å²) in [5.74, 6) is 0.649. The molecular formula is C15H23FN2. The zero-order valence-corrected chi connectivity index (χ0v) is 11.2. The Labute approximate surface area is 109 Å². The summed E-state index contributed by atoms with van der Waals surface area (Å²) in [6.45, 7) is 3.18. The molecule has 1 atom stereocenters. The molecule has 1 N–H and O–H groups in total. The summed E-state index contributed by atoms with van der Waals surface area (Å²) in [6, 6.07) is 3.53. The summed E-state index contributed by atoms with van der Waals surface area (Å²) in [5.41, 5.74) is 0.949. The van der Waals surface area contributed by atoms with Crippen molar-refractivity contribution in [3.8, 4) is 0 Å². The first-order valence-electron chi connectivity index (χ1n) is 7.14. The Bertz CT molecular complexity index is 344. The van der Waals surface area contributed by atoms with Crippen molar-refractivity contribution >= 4 is 0 Å². The maximum Gasteiger partial charge on any atom is 0.141 e. The van der Waals surface area contributed by atoms with E-state index in [1.807, 2.05) is 0 Å². The predicted octanol–water partition coefficient (Wildman–Crippen LogP) is 3.84. The fraction of sp³-hybridized carbons (Fsp3) is 0.667. The van der Waals surface area contributed by atoms with Crippen molar-refractivity contribution in [2.75, 3.05) is 6.54 Å². The number of rotatable bonds is 6. The van der Waals surface area contributed by atoms with Crippen molar-refractivity contribution in [1.82, 2.24) is 10.3 Å². The average molecular weight is 250 g/mol. The number of pyridine rings is 1. The summed E-state index contributed by atoms with van der Waals surface area (Å²) < 4.78 is 12.8. The van der Waals surface area contributed by atoms with Crippen molar-refractivity contribution in [2.24, 2.45) is 5.92 Å². The summed E-state index contributed by atoms with van der Waals surface area (Å²) in [5, 5.41) is 3.55. The second-order valence-corrected chi connectivity index (χ2v) is 5.26. The van der Waals surface area contributed by atoms with Gasteiger partial charge in [0.05, 0.1) is 11.9 Å². The van der Waals surface area contributed by atoms with Gasteiger partial charge in [-0.1, -0.05) is 32.6 Å². The molecule has 1 aliphatic carbocycles. The van der Waals surface area contributed by atoms with Gasteiger partial charge in [-0.25, -0.2) is 4.39 Å². The second kappa shape index (κ2) is 6.83. The summed E-state index contributed by atoms with van der Waals surface area (Å²) in [7, 11) is 0. The molecule has 0 aliphatic heterocycles. The Balaban J connectivity index is 1.79. The van der Waals surface area contributed by atoms with E-state index in [9.17, 15) is 4.39 Å². The molecular weight excluding hydrogens is 227 g/mol. The van der Waals surface area contributed by atoms with Crippen LogP contribution in [0.4, 0.5) is 4.39 Å². The van der Waals surface area contributed by atoms with E-state index in [0.717, 1.165) is 24.6 Å². The topological polar surface area (TPSA) is 24.9 Å². The summed E-state index contributed by atoms with van der Waals surface area (Å²) in [4.78, 5) is 4.16. The number of hydrogen-bond donors (Lipinski definition) is 1. The van der Waals surface area contributed by atoms with Gasteiger partial charge in [0, 0.05) is 6.04 Å². The monoisotopic (exact) mass is 250 g/mol. The van der Waals surface area contributed by atoms with Crippen LogP contribution in [0.5, 0.6) is 0 Å². The van der Waals surface area contributed by atoms with Gasteiger partial charge in [-0.05, 0) is 37.4 Å². The van der Waals surface area contributed by atoms with E-state index < -0.39 is 0 Å². The molecule has 3 heteroatoms. The van der Waals surface area contributed by atoms with Crippen molar-refractivity contribution in [3.63, 3.8) is 0 Å². The third-order valence-corrected chi connectivity index (χ3v) is 3.93. The zero-order chi connectivity index (χ0) is 12.8. The molecule has 1 aliphatic rings. The van der Waals surface area contributed by atoms with Gasteiger partial charge in [0.15, 0.2) is 0 Å². The first-order valence-corrected chi connectivity index (χ1v) is 7.14. The summed E-state index contributed by atoms with van der Waals surface area (Å²) >= 11 is 0. The van der Waals surface area contributed by atoms with Gasteiger partial charge in [-0.15, -0.1) is 0 Å². The Kier molecular flexibility index (Phi) is 5.12. The van der Waals surface area contributed by atoms with Gasteiger partial charge < -0.3 is 5.32 Å². The van der Waals surface area contributed by atoms with Crippen molar-refractivity contribution in [2.45, 2.75) is 51.5 Å². The number of nitrogens with one attached hydrogen (secondary N) is 1. The van der Waals surface area contributed by atoms with Crippen LogP contribution in [0, 0.1) is 11.7 Å². The van der Waals surface area contributed by atoms with Gasteiger partial charge in [-0.3, -0.25) is 4.98 Å². The standard InChI is InChI=1S/C15H23FN2/c1-2-14(15-8-7-13(16)11-18-15)17-10-9-12-5-3-4-6-12/h7-8,11-12,14,17H,2-6,9-10H2,1H3. The van der Waals surface area contributed by atoms with Crippen LogP contribution in [0.3, 0.4) is 0 Å². The van der Waals surface area contributed by atoms with Gasteiger partial charge >= 0.3 is 0 Å². The molecule has 100 valence electrons. The van der Waals surface area contributed by atoms with E-state index in [1.165, 1.54) is 44.4 Å². The largest absolute Gasteiger partial charge is 0.309 e. The Hall–Kier alpha value is -0.960. The SMILES string of the molecule is CCC(NCCC1CCCC1)c1ccc(F)cn1. The van der Waals surface area contributed by atoms with E-state index in [-0.39, 0.29) is 11.9 Å². The van der Waals surface area contributed by atoms with E-state index >= 15 is 0 Å². The van der Waals surface area contributed by atoms with Crippen LogP contribution in [0.1, 0.15) is 57.2 Å². The molecule has 0 aromatic carbocycles. The normalized spacial score (nSPS) is 18.1. The molecule has 0 saturated heterocycles. The van der Waals surface area contributed by atoms with Crippen molar-refractivity contribution in [3.05, 3.63) is 29.8 Å². The molecule has 2 nitrogen and oxygen atoms in total. The Morgan fingerprint density at radius 3 is 2.78 bits per heavy atom. The molecule has 1 aromatic rings. The fourth-order valence-corrected chi connectivity index (χ4v) is 2.81. The van der Waals surface area contributed by atoms with Gasteiger partial charge in [-0.2, -0.15) is 0 Å². The molecule has 1 unspecified atom stereocenters. The minimum atomic E-state index is -0.264. The van der Waals surface area contributed by atoms with Crippen molar-refractivity contribution in [1.29, 1.82) is 0 Å². The molecule has 2 rings (SSSR count). The molecule has 1 saturated carbocycles. The third-order valence-electron chi connectivity index (χ3n) is 3.93. The maximum atomic E-state index is 12.8. The third kappa shape index (κ3) is 3.77. The molecule has 0 amide bonds. The molecule has 0 radical (unpaired) electrons. The van der Waals surface area contributed by atoms with Crippen LogP contribution in [-0.4, -0.2) is 11.5 Å². The lowest BCUT2D eigenvalue weighted by Gasteiger charge is -2.18. The number of halogens is 1. The smallest absolute Gasteiger partial charge is 0.141 e. The van der Waals surface area contributed by atoms with Crippen molar-refractivity contribution < 1.29 is 4.39 Å². The average Bonchev–Trinajstić information content (AvgIpc) is 2.89. The molecule has 18 heavy (non-hydrogen) atoms. The highest BCUT2D eigenvalue weighted by atomic mass is 19.1. The lowest BCUT2D eigenvalue weighted by atomic mass is 10.0. The van der Waals surface area contributed by atoms with Gasteiger partial charge in [0.25, 0.3) is 0 Å². The van der Waals surface area contributed by atoms with Gasteiger partial charge in [0.1, 0.15) is 5.82 Å². The Morgan fingerprint density at radius 2 is 2.17 bits per heavy atom. The molecule has 1 fully saturated rings. The Morgan fingerprint density at radius 1 is 1.39 bits per heavy atom. The highest BCUT2D eigenvalue weighted by molar-refractivity contribution is 5.09. The van der Waals surface area contributed by atoms with E-state index in [0.29, 0.717) is 0 Å². The fourth-order valence-electron chi connectivity index (χ4n) is 2.81. The van der Waals surface area contributed by atoms with E-state index in [1.54, 1.807) is 6.07 Å². The van der Waals surface area contributed by atoms with Gasteiger partial charge in [0.2, 0.25) is 0 Å². The second-order valence-electron chi connectivity index (χ2n) is 5.26. The first kappa shape index (κ1) is 13.5. The number of aromatic nitrogens is 1. The van der Waals surface area contributed by atoms with Crippen LogP contribution in [-0.2, 0) is 0 Å². The number of hydrogen-bond acceptors (Lipinski definition) is 2. The molecule has 1 aromatic heterocycles. The maximum absolute atomic E-state index is 12.8. The van der Waals surface area contributed by atoms with E-state index in [4.69, 9.17) is 0 Å². The highest BCUT2D eigenvalue weighted by Crippen LogP contribution is 2.27. The molecule has 0 spiro atoms.